The molecule has 0 saturated heterocycles. The molecule has 1 unspecified atom stereocenters. The topological polar surface area (TPSA) is 0 Å². The van der Waals surface area contributed by atoms with E-state index in [0.717, 1.165) is 6.42 Å². The molecule has 0 heterocycles. The van der Waals surface area contributed by atoms with E-state index in [1.165, 1.54) is 16.7 Å². The van der Waals surface area contributed by atoms with Crippen molar-refractivity contribution in [3.05, 3.63) is 77.9 Å². The Balaban J connectivity index is 2.25. The number of hydrogen-bond acceptors (Lipinski definition) is 0. The van der Waals surface area contributed by atoms with Crippen LogP contribution in [0.4, 0.5) is 0 Å². The van der Waals surface area contributed by atoms with Crippen molar-refractivity contribution in [1.29, 1.82) is 0 Å². The van der Waals surface area contributed by atoms with E-state index >= 15 is 0 Å². The molecule has 0 aromatic heterocycles. The van der Waals surface area contributed by atoms with Crippen LogP contribution in [0, 0.1) is 0 Å². The van der Waals surface area contributed by atoms with Crippen LogP contribution in [0.1, 0.15) is 37.3 Å². The second kappa shape index (κ2) is 6.20. The molecular formula is C18H20. The highest BCUT2D eigenvalue weighted by Crippen LogP contribution is 2.25. The van der Waals surface area contributed by atoms with Crippen LogP contribution in [0.3, 0.4) is 0 Å². The summed E-state index contributed by atoms with van der Waals surface area (Å²) >= 11 is 0. The molecule has 0 spiro atoms. The van der Waals surface area contributed by atoms with Gasteiger partial charge in [0.25, 0.3) is 0 Å². The van der Waals surface area contributed by atoms with Gasteiger partial charge in [-0.1, -0.05) is 73.7 Å². The van der Waals surface area contributed by atoms with Crippen molar-refractivity contribution in [1.82, 2.24) is 0 Å². The van der Waals surface area contributed by atoms with Crippen LogP contribution in [0.2, 0.25) is 0 Å². The van der Waals surface area contributed by atoms with E-state index in [4.69, 9.17) is 0 Å². The van der Waals surface area contributed by atoms with Gasteiger partial charge in [0.2, 0.25) is 0 Å². The van der Waals surface area contributed by atoms with Crippen molar-refractivity contribution in [2.24, 2.45) is 0 Å². The number of allylic oxidation sites excluding steroid dienone is 2. The van der Waals surface area contributed by atoms with Crippen LogP contribution in [0.15, 0.2) is 66.7 Å². The molecule has 92 valence electrons. The minimum Gasteiger partial charge on any atom is -0.0735 e. The Bertz CT molecular complexity index is 494. The predicted molar refractivity (Wildman–Crippen MR) is 79.6 cm³/mol. The highest BCUT2D eigenvalue weighted by Gasteiger charge is 2.06. The van der Waals surface area contributed by atoms with Crippen LogP contribution in [0.25, 0.3) is 5.57 Å². The molecule has 2 rings (SSSR count). The van der Waals surface area contributed by atoms with E-state index in [2.05, 4.69) is 80.6 Å². The molecule has 0 radical (unpaired) electrons. The van der Waals surface area contributed by atoms with Crippen LogP contribution < -0.4 is 0 Å². The van der Waals surface area contributed by atoms with E-state index in [9.17, 15) is 0 Å². The molecule has 0 fully saturated rings. The molecule has 0 aliphatic heterocycles. The van der Waals surface area contributed by atoms with E-state index in [1.807, 2.05) is 0 Å². The van der Waals surface area contributed by atoms with Gasteiger partial charge in [0.1, 0.15) is 0 Å². The second-order valence-corrected chi connectivity index (χ2v) is 4.64. The molecule has 0 amide bonds. The molecule has 0 nitrogen and oxygen atoms in total. The second-order valence-electron chi connectivity index (χ2n) is 4.64. The lowest BCUT2D eigenvalue weighted by Gasteiger charge is -2.12. The van der Waals surface area contributed by atoms with Crippen molar-refractivity contribution in [2.45, 2.75) is 26.2 Å². The van der Waals surface area contributed by atoms with Crippen molar-refractivity contribution >= 4 is 5.57 Å². The maximum atomic E-state index is 2.38. The first kappa shape index (κ1) is 12.6. The van der Waals surface area contributed by atoms with Crippen molar-refractivity contribution in [2.75, 3.05) is 0 Å². The summed E-state index contributed by atoms with van der Waals surface area (Å²) in [6.07, 6.45) is 3.51. The van der Waals surface area contributed by atoms with Crippen LogP contribution in [-0.2, 0) is 0 Å². The summed E-state index contributed by atoms with van der Waals surface area (Å²) in [4.78, 5) is 0. The van der Waals surface area contributed by atoms with E-state index in [-0.39, 0.29) is 0 Å². The van der Waals surface area contributed by atoms with Gasteiger partial charge < -0.3 is 0 Å². The van der Waals surface area contributed by atoms with E-state index in [0.29, 0.717) is 5.92 Å². The van der Waals surface area contributed by atoms with Crippen LogP contribution in [-0.4, -0.2) is 0 Å². The zero-order valence-electron chi connectivity index (χ0n) is 11.1. The van der Waals surface area contributed by atoms with Gasteiger partial charge in [-0.25, -0.2) is 0 Å². The van der Waals surface area contributed by atoms with Crippen LogP contribution >= 0.6 is 0 Å². The summed E-state index contributed by atoms with van der Waals surface area (Å²) < 4.78 is 0. The van der Waals surface area contributed by atoms with Crippen molar-refractivity contribution in [3.8, 4) is 0 Å². The fraction of sp³-hybridized carbons (Fsp3) is 0.222. The summed E-state index contributed by atoms with van der Waals surface area (Å²) in [5, 5.41) is 0. The molecule has 1 atom stereocenters. The predicted octanol–water partition coefficient (Wildman–Crippen LogP) is 5.28. The first-order valence-corrected chi connectivity index (χ1v) is 6.60. The molecule has 18 heavy (non-hydrogen) atoms. The molecule has 0 bridgehead atoms. The average Bonchev–Trinajstić information content (AvgIpc) is 2.46. The summed E-state index contributed by atoms with van der Waals surface area (Å²) in [7, 11) is 0. The third-order valence-corrected chi connectivity index (χ3v) is 3.35. The minimum atomic E-state index is 0.506. The van der Waals surface area contributed by atoms with Gasteiger partial charge in [0, 0.05) is 5.92 Å². The summed E-state index contributed by atoms with van der Waals surface area (Å²) in [6, 6.07) is 21.3. The highest BCUT2D eigenvalue weighted by atomic mass is 14.1. The maximum absolute atomic E-state index is 2.38. The van der Waals surface area contributed by atoms with E-state index in [1.54, 1.807) is 0 Å². The standard InChI is InChI=1S/C18H20/c1-3-16(18-12-8-5-9-13-18)14-15(2)17-10-6-4-7-11-17/h4-14,16H,3H2,1-2H3. The zero-order chi connectivity index (χ0) is 12.8. The largest absolute Gasteiger partial charge is 0.0735 e. The smallest absolute Gasteiger partial charge is 0.00212 e. The lowest BCUT2D eigenvalue weighted by Crippen LogP contribution is -1.94. The Morgan fingerprint density at radius 2 is 1.50 bits per heavy atom. The molecule has 0 heteroatoms. The fourth-order valence-electron chi connectivity index (χ4n) is 2.25. The Morgan fingerprint density at radius 3 is 2.06 bits per heavy atom. The molecule has 0 aliphatic rings. The van der Waals surface area contributed by atoms with E-state index < -0.39 is 0 Å². The Kier molecular flexibility index (Phi) is 4.35. The number of rotatable bonds is 4. The first-order valence-electron chi connectivity index (χ1n) is 6.60. The van der Waals surface area contributed by atoms with Gasteiger partial charge in [0.15, 0.2) is 0 Å². The van der Waals surface area contributed by atoms with Gasteiger partial charge >= 0.3 is 0 Å². The first-order chi connectivity index (χ1) is 8.81. The third kappa shape index (κ3) is 3.10. The average molecular weight is 236 g/mol. The maximum Gasteiger partial charge on any atom is 0.00212 e. The number of benzene rings is 2. The lowest BCUT2D eigenvalue weighted by atomic mass is 9.92. The van der Waals surface area contributed by atoms with Gasteiger partial charge in [-0.2, -0.15) is 0 Å². The Morgan fingerprint density at radius 1 is 0.944 bits per heavy atom. The SMILES string of the molecule is CCC(C=C(C)c1ccccc1)c1ccccc1. The normalized spacial score (nSPS) is 13.3. The van der Waals surface area contributed by atoms with Gasteiger partial charge in [-0.05, 0) is 30.0 Å². The fourth-order valence-corrected chi connectivity index (χ4v) is 2.25. The monoisotopic (exact) mass is 236 g/mol. The lowest BCUT2D eigenvalue weighted by molar-refractivity contribution is 0.806. The molecule has 0 aliphatic carbocycles. The zero-order valence-corrected chi connectivity index (χ0v) is 11.1. The Labute approximate surface area is 110 Å². The summed E-state index contributed by atoms with van der Waals surface area (Å²) in [5.41, 5.74) is 4.06. The summed E-state index contributed by atoms with van der Waals surface area (Å²) in [6.45, 7) is 4.44. The van der Waals surface area contributed by atoms with Gasteiger partial charge in [-0.15, -0.1) is 0 Å². The van der Waals surface area contributed by atoms with Crippen molar-refractivity contribution < 1.29 is 0 Å². The summed E-state index contributed by atoms with van der Waals surface area (Å²) in [5.74, 6) is 0.506. The molecular weight excluding hydrogens is 216 g/mol. The molecule has 0 N–H and O–H groups in total. The van der Waals surface area contributed by atoms with Crippen molar-refractivity contribution in [3.63, 3.8) is 0 Å². The third-order valence-electron chi connectivity index (χ3n) is 3.35. The Hall–Kier alpha value is -1.82. The van der Waals surface area contributed by atoms with Gasteiger partial charge in [0.05, 0.1) is 0 Å². The van der Waals surface area contributed by atoms with Crippen LogP contribution in [0.5, 0.6) is 0 Å². The molecule has 2 aromatic carbocycles. The quantitative estimate of drug-likeness (QED) is 0.677. The highest BCUT2D eigenvalue weighted by molar-refractivity contribution is 5.64. The molecule has 2 aromatic rings. The minimum absolute atomic E-state index is 0.506. The van der Waals surface area contributed by atoms with Gasteiger partial charge in [-0.3, -0.25) is 0 Å². The molecule has 0 saturated carbocycles. The number of hydrogen-bond donors (Lipinski definition) is 0.